The highest BCUT2D eigenvalue weighted by Crippen LogP contribution is 2.37. The molecule has 1 atom stereocenters. The highest BCUT2D eigenvalue weighted by atomic mass is 79.9. The van der Waals surface area contributed by atoms with Crippen molar-refractivity contribution in [2.24, 2.45) is 0 Å². The van der Waals surface area contributed by atoms with Gasteiger partial charge in [-0.25, -0.2) is 4.98 Å². The zero-order valence-electron chi connectivity index (χ0n) is 11.5. The van der Waals surface area contributed by atoms with Crippen molar-refractivity contribution in [3.63, 3.8) is 0 Å². The van der Waals surface area contributed by atoms with Crippen LogP contribution < -0.4 is 5.32 Å². The Hall–Kier alpha value is -0.920. The number of aryl methyl sites for hydroxylation is 1. The summed E-state index contributed by atoms with van der Waals surface area (Å²) >= 11 is 4.56. The smallest absolute Gasteiger partial charge is 0.313 e. The second kappa shape index (κ2) is 6.46. The predicted molar refractivity (Wildman–Crippen MR) is 81.5 cm³/mol. The minimum Gasteiger partial charge on any atom is -0.313 e. The van der Waals surface area contributed by atoms with Crippen molar-refractivity contribution < 1.29 is 13.2 Å². The van der Waals surface area contributed by atoms with Gasteiger partial charge in [-0.05, 0) is 31.7 Å². The first-order valence-corrected chi connectivity index (χ1v) is 7.93. The largest absolute Gasteiger partial charge is 0.416 e. The van der Waals surface area contributed by atoms with Crippen LogP contribution in [0.2, 0.25) is 0 Å². The maximum absolute atomic E-state index is 13.2. The van der Waals surface area contributed by atoms with Gasteiger partial charge in [-0.2, -0.15) is 13.2 Å². The lowest BCUT2D eigenvalue weighted by Gasteiger charge is -2.21. The molecule has 1 heterocycles. The van der Waals surface area contributed by atoms with Crippen LogP contribution in [0.4, 0.5) is 13.2 Å². The molecule has 0 bridgehead atoms. The Morgan fingerprint density at radius 1 is 1.38 bits per heavy atom. The zero-order chi connectivity index (χ0) is 15.6. The number of nitrogens with one attached hydrogen (secondary N) is 1. The molecule has 0 aliphatic rings. The van der Waals surface area contributed by atoms with Crippen molar-refractivity contribution >= 4 is 27.3 Å². The molecule has 1 N–H and O–H groups in total. The molecule has 2 aromatic rings. The Labute approximate surface area is 133 Å². The normalized spacial score (nSPS) is 13.4. The Morgan fingerprint density at radius 3 is 2.62 bits per heavy atom. The molecule has 2 nitrogen and oxygen atoms in total. The van der Waals surface area contributed by atoms with Crippen LogP contribution >= 0.6 is 27.3 Å². The van der Waals surface area contributed by atoms with E-state index in [0.717, 1.165) is 16.8 Å². The number of hydrogen-bond donors (Lipinski definition) is 1. The maximum Gasteiger partial charge on any atom is 0.416 e. The zero-order valence-corrected chi connectivity index (χ0v) is 13.9. The van der Waals surface area contributed by atoms with Crippen LogP contribution in [0.5, 0.6) is 0 Å². The summed E-state index contributed by atoms with van der Waals surface area (Å²) in [4.78, 5) is 4.32. The summed E-state index contributed by atoms with van der Waals surface area (Å²) in [6.07, 6.45) is -3.95. The molecule has 0 aliphatic carbocycles. The van der Waals surface area contributed by atoms with E-state index >= 15 is 0 Å². The topological polar surface area (TPSA) is 24.9 Å². The van der Waals surface area contributed by atoms with Gasteiger partial charge >= 0.3 is 6.18 Å². The monoisotopic (exact) mass is 378 g/mol. The van der Waals surface area contributed by atoms with Gasteiger partial charge in [-0.1, -0.05) is 22.0 Å². The van der Waals surface area contributed by atoms with Crippen LogP contribution in [0, 0.1) is 6.92 Å². The van der Waals surface area contributed by atoms with Gasteiger partial charge in [0, 0.05) is 28.0 Å². The molecule has 0 aliphatic heterocycles. The molecule has 0 saturated heterocycles. The first-order valence-electron chi connectivity index (χ1n) is 6.26. The summed E-state index contributed by atoms with van der Waals surface area (Å²) in [6.45, 7) is 1.87. The van der Waals surface area contributed by atoms with E-state index < -0.39 is 17.8 Å². The lowest BCUT2D eigenvalue weighted by Crippen LogP contribution is -2.23. The van der Waals surface area contributed by atoms with Crippen molar-refractivity contribution in [2.45, 2.75) is 25.6 Å². The van der Waals surface area contributed by atoms with E-state index in [2.05, 4.69) is 26.2 Å². The third-order valence-corrected chi connectivity index (χ3v) is 4.57. The molecule has 0 spiro atoms. The molecule has 0 amide bonds. The van der Waals surface area contributed by atoms with Crippen LogP contribution in [0.25, 0.3) is 0 Å². The molecular weight excluding hydrogens is 365 g/mol. The van der Waals surface area contributed by atoms with Crippen molar-refractivity contribution in [2.75, 3.05) is 7.05 Å². The highest BCUT2D eigenvalue weighted by Gasteiger charge is 2.35. The summed E-state index contributed by atoms with van der Waals surface area (Å²) in [5.74, 6) is 0. The van der Waals surface area contributed by atoms with Gasteiger partial charge in [0.05, 0.1) is 10.6 Å². The molecule has 114 valence electrons. The van der Waals surface area contributed by atoms with Gasteiger partial charge in [0.1, 0.15) is 0 Å². The number of nitrogens with zero attached hydrogens (tertiary/aromatic N) is 1. The molecular formula is C14H14BrF3N2S. The fourth-order valence-electron chi connectivity index (χ4n) is 2.12. The third kappa shape index (κ3) is 4.05. The van der Waals surface area contributed by atoms with E-state index in [1.807, 2.05) is 12.3 Å². The number of aromatic nitrogens is 1. The summed E-state index contributed by atoms with van der Waals surface area (Å²) in [5.41, 5.74) is 0.502. The van der Waals surface area contributed by atoms with Crippen molar-refractivity contribution in [1.82, 2.24) is 10.3 Å². The number of alkyl halides is 3. The van der Waals surface area contributed by atoms with E-state index in [9.17, 15) is 13.2 Å². The first kappa shape index (κ1) is 16.5. The second-order valence-electron chi connectivity index (χ2n) is 4.66. The molecule has 0 fully saturated rings. The maximum atomic E-state index is 13.2. The quantitative estimate of drug-likeness (QED) is 0.831. The van der Waals surface area contributed by atoms with Crippen LogP contribution in [-0.4, -0.2) is 12.0 Å². The van der Waals surface area contributed by atoms with E-state index in [1.54, 1.807) is 13.1 Å². The minimum absolute atomic E-state index is 0.237. The van der Waals surface area contributed by atoms with Crippen LogP contribution in [0.15, 0.2) is 28.1 Å². The molecule has 1 unspecified atom stereocenters. The SMILES string of the molecule is CNC(Cc1nc(C)cs1)c1ccc(Br)cc1C(F)(F)F. The summed E-state index contributed by atoms with van der Waals surface area (Å²) < 4.78 is 40.0. The number of likely N-dealkylation sites (N-methyl/N-ethyl adjacent to an activating group) is 1. The van der Waals surface area contributed by atoms with Gasteiger partial charge in [-0.15, -0.1) is 11.3 Å². The summed E-state index contributed by atoms with van der Waals surface area (Å²) in [6, 6.07) is 3.82. The Morgan fingerprint density at radius 2 is 2.10 bits per heavy atom. The van der Waals surface area contributed by atoms with E-state index in [0.29, 0.717) is 10.9 Å². The molecule has 7 heteroatoms. The van der Waals surface area contributed by atoms with Gasteiger partial charge in [0.15, 0.2) is 0 Å². The molecule has 1 aromatic heterocycles. The van der Waals surface area contributed by atoms with Gasteiger partial charge in [-0.3, -0.25) is 0 Å². The van der Waals surface area contributed by atoms with Crippen molar-refractivity contribution in [3.05, 3.63) is 49.9 Å². The molecule has 0 radical (unpaired) electrons. The summed E-state index contributed by atoms with van der Waals surface area (Å²) in [5, 5.41) is 5.68. The van der Waals surface area contributed by atoms with Crippen molar-refractivity contribution in [3.8, 4) is 0 Å². The number of benzene rings is 1. The van der Waals surface area contributed by atoms with Crippen LogP contribution in [0.3, 0.4) is 0 Å². The van der Waals surface area contributed by atoms with Crippen LogP contribution in [0.1, 0.15) is 27.9 Å². The standard InChI is InChI=1S/C14H14BrF3N2S/c1-8-7-21-13(20-8)6-12(19-2)10-4-3-9(15)5-11(10)14(16,17)18/h3-5,7,12,19H,6H2,1-2H3. The minimum atomic E-state index is -4.38. The Kier molecular flexibility index (Phi) is 5.06. The fraction of sp³-hybridized carbons (Fsp3) is 0.357. The van der Waals surface area contributed by atoms with Gasteiger partial charge < -0.3 is 5.32 Å². The van der Waals surface area contributed by atoms with E-state index in [-0.39, 0.29) is 5.56 Å². The van der Waals surface area contributed by atoms with E-state index in [1.165, 1.54) is 17.4 Å². The average Bonchev–Trinajstić information content (AvgIpc) is 2.81. The lowest BCUT2D eigenvalue weighted by molar-refractivity contribution is -0.138. The first-order chi connectivity index (χ1) is 9.81. The summed E-state index contributed by atoms with van der Waals surface area (Å²) in [7, 11) is 1.66. The molecule has 0 saturated carbocycles. The lowest BCUT2D eigenvalue weighted by atomic mass is 9.98. The number of hydrogen-bond acceptors (Lipinski definition) is 3. The Bertz CT molecular complexity index is 625. The highest BCUT2D eigenvalue weighted by molar-refractivity contribution is 9.10. The van der Waals surface area contributed by atoms with E-state index in [4.69, 9.17) is 0 Å². The second-order valence-corrected chi connectivity index (χ2v) is 6.52. The van der Waals surface area contributed by atoms with Gasteiger partial charge in [0.25, 0.3) is 0 Å². The molecule has 21 heavy (non-hydrogen) atoms. The Balaban J connectivity index is 2.38. The number of halogens is 4. The third-order valence-electron chi connectivity index (χ3n) is 3.09. The average molecular weight is 379 g/mol. The van der Waals surface area contributed by atoms with Crippen LogP contribution in [-0.2, 0) is 12.6 Å². The van der Waals surface area contributed by atoms with Gasteiger partial charge in [0.2, 0.25) is 0 Å². The van der Waals surface area contributed by atoms with Crippen molar-refractivity contribution in [1.29, 1.82) is 0 Å². The number of thiazole rings is 1. The molecule has 2 rings (SSSR count). The fourth-order valence-corrected chi connectivity index (χ4v) is 3.30. The molecule has 1 aromatic carbocycles. The predicted octanol–water partition coefficient (Wildman–Crippen LogP) is 4.74. The number of rotatable bonds is 4.